The van der Waals surface area contributed by atoms with Gasteiger partial charge in [-0.25, -0.2) is 0 Å². The molecule has 1 aliphatic rings. The number of hydrogen-bond acceptors (Lipinski definition) is 2. The van der Waals surface area contributed by atoms with Crippen LogP contribution in [0.1, 0.15) is 64.7 Å². The van der Waals surface area contributed by atoms with Crippen LogP contribution in [0.4, 0.5) is 0 Å². The molecule has 0 aromatic heterocycles. The minimum absolute atomic E-state index is 0.0507. The van der Waals surface area contributed by atoms with E-state index in [1.807, 2.05) is 0 Å². The second-order valence-corrected chi connectivity index (χ2v) is 4.56. The van der Waals surface area contributed by atoms with E-state index in [2.05, 4.69) is 6.92 Å². The van der Waals surface area contributed by atoms with E-state index >= 15 is 0 Å². The molecule has 0 aliphatic carbocycles. The van der Waals surface area contributed by atoms with Crippen molar-refractivity contribution in [1.29, 1.82) is 0 Å². The molecule has 15 heavy (non-hydrogen) atoms. The second-order valence-electron chi connectivity index (χ2n) is 4.56. The Bertz CT molecular complexity index is 177. The summed E-state index contributed by atoms with van der Waals surface area (Å²) in [6.45, 7) is 2.88. The molecule has 1 atom stereocenters. The third-order valence-corrected chi connectivity index (χ3v) is 3.18. The van der Waals surface area contributed by atoms with Gasteiger partial charge in [-0.2, -0.15) is 0 Å². The monoisotopic (exact) mass is 212 g/mol. The van der Waals surface area contributed by atoms with Gasteiger partial charge in [0.05, 0.1) is 12.5 Å². The molecule has 0 spiro atoms. The standard InChI is InChI=1S/C13H24O2/c1-2-3-4-5-6-7-9-12-10-8-11-15-13(12)14/h12H,2-11H2,1H3. The molecule has 0 N–H and O–H groups in total. The van der Waals surface area contributed by atoms with Gasteiger partial charge in [-0.3, -0.25) is 4.79 Å². The molecule has 0 aromatic rings. The molecule has 1 saturated heterocycles. The lowest BCUT2D eigenvalue weighted by Gasteiger charge is -2.20. The van der Waals surface area contributed by atoms with Crippen LogP contribution in [-0.2, 0) is 9.53 Å². The van der Waals surface area contributed by atoms with Crippen LogP contribution in [0, 0.1) is 5.92 Å². The van der Waals surface area contributed by atoms with Gasteiger partial charge >= 0.3 is 5.97 Å². The predicted octanol–water partition coefficient (Wildman–Crippen LogP) is 3.69. The smallest absolute Gasteiger partial charge is 0.308 e. The summed E-state index contributed by atoms with van der Waals surface area (Å²) in [5.41, 5.74) is 0. The Balaban J connectivity index is 1.96. The number of ether oxygens (including phenoxy) is 1. The molecule has 1 heterocycles. The Labute approximate surface area is 93.4 Å². The molecule has 0 bridgehead atoms. The third kappa shape index (κ3) is 5.19. The van der Waals surface area contributed by atoms with Crippen molar-refractivity contribution in [2.24, 2.45) is 5.92 Å². The lowest BCUT2D eigenvalue weighted by molar-refractivity contribution is -0.153. The molecule has 88 valence electrons. The van der Waals surface area contributed by atoms with Crippen molar-refractivity contribution in [3.8, 4) is 0 Å². The fraction of sp³-hybridized carbons (Fsp3) is 0.923. The number of carbonyl (C=O) groups is 1. The van der Waals surface area contributed by atoms with Crippen molar-refractivity contribution < 1.29 is 9.53 Å². The zero-order valence-corrected chi connectivity index (χ0v) is 9.96. The molecule has 1 rings (SSSR count). The fourth-order valence-electron chi connectivity index (χ4n) is 2.17. The molecule has 1 unspecified atom stereocenters. The molecule has 1 fully saturated rings. The Morgan fingerprint density at radius 3 is 2.67 bits per heavy atom. The van der Waals surface area contributed by atoms with E-state index in [1.165, 1.54) is 38.5 Å². The highest BCUT2D eigenvalue weighted by atomic mass is 16.5. The molecule has 0 aromatic carbocycles. The van der Waals surface area contributed by atoms with Gasteiger partial charge in [-0.1, -0.05) is 45.4 Å². The predicted molar refractivity (Wildman–Crippen MR) is 61.7 cm³/mol. The maximum atomic E-state index is 11.3. The maximum absolute atomic E-state index is 11.3. The van der Waals surface area contributed by atoms with E-state index in [1.54, 1.807) is 0 Å². The zero-order valence-electron chi connectivity index (χ0n) is 9.96. The molecule has 2 heteroatoms. The number of esters is 1. The van der Waals surface area contributed by atoms with Crippen LogP contribution >= 0.6 is 0 Å². The van der Waals surface area contributed by atoms with Gasteiger partial charge in [0.25, 0.3) is 0 Å². The number of hydrogen-bond donors (Lipinski definition) is 0. The van der Waals surface area contributed by atoms with Crippen LogP contribution in [-0.4, -0.2) is 12.6 Å². The molecule has 0 radical (unpaired) electrons. The first-order valence-corrected chi connectivity index (χ1v) is 6.51. The first-order valence-electron chi connectivity index (χ1n) is 6.51. The number of rotatable bonds is 7. The Kier molecular flexibility index (Phi) is 6.45. The van der Waals surface area contributed by atoms with Crippen LogP contribution < -0.4 is 0 Å². The fourth-order valence-corrected chi connectivity index (χ4v) is 2.17. The van der Waals surface area contributed by atoms with Gasteiger partial charge in [0.2, 0.25) is 0 Å². The first kappa shape index (κ1) is 12.5. The summed E-state index contributed by atoms with van der Waals surface area (Å²) in [6.07, 6.45) is 11.0. The molecule has 0 saturated carbocycles. The quantitative estimate of drug-likeness (QED) is 0.475. The SMILES string of the molecule is CCCCCCCCC1CCCOC1=O. The van der Waals surface area contributed by atoms with Crippen LogP contribution in [0.15, 0.2) is 0 Å². The average Bonchev–Trinajstić information content (AvgIpc) is 2.25. The summed E-state index contributed by atoms with van der Waals surface area (Å²) in [7, 11) is 0. The zero-order chi connectivity index (χ0) is 10.9. The number of cyclic esters (lactones) is 1. The number of unbranched alkanes of at least 4 members (excludes halogenated alkanes) is 5. The summed E-state index contributed by atoms with van der Waals surface area (Å²) < 4.78 is 5.05. The second kappa shape index (κ2) is 7.72. The highest BCUT2D eigenvalue weighted by Crippen LogP contribution is 2.21. The van der Waals surface area contributed by atoms with Crippen molar-refractivity contribution in [1.82, 2.24) is 0 Å². The summed E-state index contributed by atoms with van der Waals surface area (Å²) in [5.74, 6) is 0.264. The van der Waals surface area contributed by atoms with E-state index in [9.17, 15) is 4.79 Å². The molecule has 0 amide bonds. The Morgan fingerprint density at radius 2 is 1.93 bits per heavy atom. The van der Waals surface area contributed by atoms with E-state index in [-0.39, 0.29) is 11.9 Å². The van der Waals surface area contributed by atoms with Gasteiger partial charge < -0.3 is 4.74 Å². The molecule has 1 aliphatic heterocycles. The minimum atomic E-state index is 0.0507. The van der Waals surface area contributed by atoms with Crippen molar-refractivity contribution >= 4 is 5.97 Å². The van der Waals surface area contributed by atoms with E-state index in [0.29, 0.717) is 6.61 Å². The molecule has 2 nitrogen and oxygen atoms in total. The third-order valence-electron chi connectivity index (χ3n) is 3.18. The van der Waals surface area contributed by atoms with Gasteiger partial charge in [0.15, 0.2) is 0 Å². The topological polar surface area (TPSA) is 26.3 Å². The average molecular weight is 212 g/mol. The maximum Gasteiger partial charge on any atom is 0.308 e. The Morgan fingerprint density at radius 1 is 1.20 bits per heavy atom. The molecular formula is C13H24O2. The summed E-state index contributed by atoms with van der Waals surface area (Å²) in [4.78, 5) is 11.3. The van der Waals surface area contributed by atoms with E-state index in [4.69, 9.17) is 4.74 Å². The van der Waals surface area contributed by atoms with Gasteiger partial charge in [0.1, 0.15) is 0 Å². The van der Waals surface area contributed by atoms with Crippen molar-refractivity contribution in [2.45, 2.75) is 64.7 Å². The Hall–Kier alpha value is -0.530. The van der Waals surface area contributed by atoms with Crippen molar-refractivity contribution in [2.75, 3.05) is 6.61 Å². The minimum Gasteiger partial charge on any atom is -0.465 e. The normalized spacial score (nSPS) is 21.4. The first-order chi connectivity index (χ1) is 7.34. The highest BCUT2D eigenvalue weighted by Gasteiger charge is 2.22. The van der Waals surface area contributed by atoms with Crippen LogP contribution in [0.25, 0.3) is 0 Å². The summed E-state index contributed by atoms with van der Waals surface area (Å²) in [5, 5.41) is 0. The number of carbonyl (C=O) groups excluding carboxylic acids is 1. The lowest BCUT2D eigenvalue weighted by atomic mass is 9.94. The van der Waals surface area contributed by atoms with Crippen molar-refractivity contribution in [3.05, 3.63) is 0 Å². The van der Waals surface area contributed by atoms with Crippen LogP contribution in [0.2, 0.25) is 0 Å². The largest absolute Gasteiger partial charge is 0.465 e. The van der Waals surface area contributed by atoms with E-state index < -0.39 is 0 Å². The van der Waals surface area contributed by atoms with Crippen molar-refractivity contribution in [3.63, 3.8) is 0 Å². The lowest BCUT2D eigenvalue weighted by Crippen LogP contribution is -2.23. The highest BCUT2D eigenvalue weighted by molar-refractivity contribution is 5.72. The van der Waals surface area contributed by atoms with Crippen LogP contribution in [0.5, 0.6) is 0 Å². The van der Waals surface area contributed by atoms with E-state index in [0.717, 1.165) is 19.3 Å². The van der Waals surface area contributed by atoms with Crippen LogP contribution in [0.3, 0.4) is 0 Å². The van der Waals surface area contributed by atoms with Gasteiger partial charge in [-0.15, -0.1) is 0 Å². The van der Waals surface area contributed by atoms with Gasteiger partial charge in [-0.05, 0) is 19.3 Å². The molecular weight excluding hydrogens is 188 g/mol. The summed E-state index contributed by atoms with van der Waals surface area (Å²) >= 11 is 0. The van der Waals surface area contributed by atoms with Gasteiger partial charge in [0, 0.05) is 0 Å². The summed E-state index contributed by atoms with van der Waals surface area (Å²) in [6, 6.07) is 0.